The van der Waals surface area contributed by atoms with Crippen LogP contribution in [0.1, 0.15) is 6.42 Å². The van der Waals surface area contributed by atoms with Gasteiger partial charge in [0.05, 0.1) is 4.75 Å². The summed E-state index contributed by atoms with van der Waals surface area (Å²) in [5.74, 6) is 0.437. The molecule has 0 bridgehead atoms. The van der Waals surface area contributed by atoms with Crippen LogP contribution in [0.15, 0.2) is 18.3 Å². The number of hydrogen-bond donors (Lipinski definition) is 0. The van der Waals surface area contributed by atoms with Gasteiger partial charge < -0.3 is 14.4 Å². The van der Waals surface area contributed by atoms with E-state index in [2.05, 4.69) is 4.98 Å². The number of thioether (sulfide) groups is 1. The van der Waals surface area contributed by atoms with Crippen LogP contribution < -0.4 is 4.74 Å². The first-order valence-electron chi connectivity index (χ1n) is 6.80. The number of carbonyl (C=O) groups excluding carboxylic acids is 1. The van der Waals surface area contributed by atoms with Crippen molar-refractivity contribution in [3.05, 3.63) is 24.1 Å². The van der Waals surface area contributed by atoms with E-state index >= 15 is 0 Å². The maximum Gasteiger partial charge on any atom is 0.250 e. The van der Waals surface area contributed by atoms with Gasteiger partial charge in [-0.25, -0.2) is 9.37 Å². The predicted octanol–water partition coefficient (Wildman–Crippen LogP) is 1.33. The first kappa shape index (κ1) is 14.6. The molecule has 21 heavy (non-hydrogen) atoms. The quantitative estimate of drug-likeness (QED) is 0.839. The molecule has 2 aliphatic rings. The van der Waals surface area contributed by atoms with Gasteiger partial charge in [-0.3, -0.25) is 4.79 Å². The molecule has 114 valence electrons. The predicted molar refractivity (Wildman–Crippen MR) is 76.9 cm³/mol. The van der Waals surface area contributed by atoms with Crippen LogP contribution in [-0.2, 0) is 9.53 Å². The minimum absolute atomic E-state index is 0.0175. The van der Waals surface area contributed by atoms with E-state index in [-0.39, 0.29) is 29.2 Å². The van der Waals surface area contributed by atoms with E-state index in [4.69, 9.17) is 9.47 Å². The van der Waals surface area contributed by atoms with Gasteiger partial charge in [-0.1, -0.05) is 0 Å². The van der Waals surface area contributed by atoms with E-state index < -0.39 is 5.82 Å². The molecule has 1 atom stereocenters. The van der Waals surface area contributed by atoms with Crippen molar-refractivity contribution in [2.24, 2.45) is 0 Å². The molecule has 1 unspecified atom stereocenters. The summed E-state index contributed by atoms with van der Waals surface area (Å²) in [4.78, 5) is 17.4. The fraction of sp³-hybridized carbons (Fsp3) is 0.571. The minimum atomic E-state index is -0.436. The first-order chi connectivity index (χ1) is 10.1. The number of pyridine rings is 1. The van der Waals surface area contributed by atoms with Crippen LogP contribution in [0, 0.1) is 5.82 Å². The highest BCUT2D eigenvalue weighted by Gasteiger charge is 2.51. The second-order valence-corrected chi connectivity index (χ2v) is 6.90. The molecule has 3 rings (SSSR count). The molecule has 0 N–H and O–H groups in total. The molecular formula is C14H17FN2O3S. The smallest absolute Gasteiger partial charge is 0.250 e. The van der Waals surface area contributed by atoms with Crippen LogP contribution in [0.5, 0.6) is 5.88 Å². The highest BCUT2D eigenvalue weighted by molar-refractivity contribution is 8.01. The molecule has 1 spiro atoms. The monoisotopic (exact) mass is 312 g/mol. The summed E-state index contributed by atoms with van der Waals surface area (Å²) in [5.41, 5.74) is 0. The molecule has 1 amide bonds. The van der Waals surface area contributed by atoms with Crippen molar-refractivity contribution in [3.8, 4) is 5.88 Å². The van der Waals surface area contributed by atoms with E-state index in [0.29, 0.717) is 13.1 Å². The van der Waals surface area contributed by atoms with Gasteiger partial charge in [0.2, 0.25) is 5.91 Å². The molecule has 1 aromatic rings. The zero-order chi connectivity index (χ0) is 14.9. The number of hydrogen-bond acceptors (Lipinski definition) is 5. The van der Waals surface area contributed by atoms with Crippen LogP contribution in [0.25, 0.3) is 0 Å². The van der Waals surface area contributed by atoms with Crippen LogP contribution in [0.3, 0.4) is 0 Å². The fourth-order valence-electron chi connectivity index (χ4n) is 2.75. The van der Waals surface area contributed by atoms with E-state index in [1.807, 2.05) is 0 Å². The molecular weight excluding hydrogens is 295 g/mol. The van der Waals surface area contributed by atoms with Crippen LogP contribution in [0.4, 0.5) is 4.39 Å². The standard InChI is InChI=1S/C14H17FN2O3S/c1-19-6-12(18)17-8-14(9-17)5-10(7-21-14)20-13-11(15)3-2-4-16-13/h2-4,10H,5-9H2,1H3. The van der Waals surface area contributed by atoms with Crippen molar-refractivity contribution in [2.75, 3.05) is 32.6 Å². The van der Waals surface area contributed by atoms with E-state index in [1.54, 1.807) is 16.7 Å². The van der Waals surface area contributed by atoms with Gasteiger partial charge in [0.15, 0.2) is 5.82 Å². The van der Waals surface area contributed by atoms with Crippen LogP contribution in [-0.4, -0.2) is 59.2 Å². The summed E-state index contributed by atoms with van der Waals surface area (Å²) in [5, 5.41) is 0. The summed E-state index contributed by atoms with van der Waals surface area (Å²) < 4.78 is 24.1. The van der Waals surface area contributed by atoms with Crippen molar-refractivity contribution >= 4 is 17.7 Å². The first-order valence-corrected chi connectivity index (χ1v) is 7.78. The second-order valence-electron chi connectivity index (χ2n) is 5.41. The molecule has 5 nitrogen and oxygen atoms in total. The lowest BCUT2D eigenvalue weighted by atomic mass is 9.93. The Bertz CT molecular complexity index is 537. The van der Waals surface area contributed by atoms with Crippen molar-refractivity contribution in [1.82, 2.24) is 9.88 Å². The largest absolute Gasteiger partial charge is 0.471 e. The maximum atomic E-state index is 13.5. The second kappa shape index (κ2) is 5.81. The number of nitrogens with zero attached hydrogens (tertiary/aromatic N) is 2. The molecule has 0 aliphatic carbocycles. The van der Waals surface area contributed by atoms with Crippen molar-refractivity contribution < 1.29 is 18.7 Å². The van der Waals surface area contributed by atoms with Gasteiger partial charge in [0.1, 0.15) is 12.7 Å². The number of aromatic nitrogens is 1. The highest BCUT2D eigenvalue weighted by Crippen LogP contribution is 2.46. The number of amides is 1. The van der Waals surface area contributed by atoms with E-state index in [0.717, 1.165) is 12.2 Å². The molecule has 2 saturated heterocycles. The number of methoxy groups -OCH3 is 1. The number of ether oxygens (including phenoxy) is 2. The van der Waals surface area contributed by atoms with Gasteiger partial charge in [0, 0.05) is 38.6 Å². The highest BCUT2D eigenvalue weighted by atomic mass is 32.2. The Kier molecular flexibility index (Phi) is 4.03. The molecule has 0 saturated carbocycles. The summed E-state index contributed by atoms with van der Waals surface area (Å²) in [6.07, 6.45) is 2.27. The lowest BCUT2D eigenvalue weighted by Gasteiger charge is -2.47. The van der Waals surface area contributed by atoms with Gasteiger partial charge in [-0.05, 0) is 12.1 Å². The zero-order valence-corrected chi connectivity index (χ0v) is 12.6. The summed E-state index contributed by atoms with van der Waals surface area (Å²) in [6.45, 7) is 1.55. The number of halogens is 1. The SMILES string of the molecule is COCC(=O)N1CC2(CC(Oc3ncccc3F)CS2)C1. The van der Waals surface area contributed by atoms with E-state index in [1.165, 1.54) is 25.4 Å². The Balaban J connectivity index is 1.53. The van der Waals surface area contributed by atoms with Crippen LogP contribution >= 0.6 is 11.8 Å². The summed E-state index contributed by atoms with van der Waals surface area (Å²) >= 11 is 1.79. The van der Waals surface area contributed by atoms with Crippen LogP contribution in [0.2, 0.25) is 0 Å². The average molecular weight is 312 g/mol. The van der Waals surface area contributed by atoms with Gasteiger partial charge in [-0.15, -0.1) is 11.8 Å². The molecule has 2 fully saturated rings. The number of carbonyl (C=O) groups is 1. The molecule has 2 aliphatic heterocycles. The summed E-state index contributed by atoms with van der Waals surface area (Å²) in [7, 11) is 1.52. The maximum absolute atomic E-state index is 13.5. The van der Waals surface area contributed by atoms with Gasteiger partial charge >= 0.3 is 0 Å². The lowest BCUT2D eigenvalue weighted by molar-refractivity contribution is -0.140. The Labute approximate surface area is 126 Å². The Hall–Kier alpha value is -1.34. The Morgan fingerprint density at radius 2 is 2.43 bits per heavy atom. The molecule has 7 heteroatoms. The lowest BCUT2D eigenvalue weighted by Crippen LogP contribution is -2.61. The minimum Gasteiger partial charge on any atom is -0.471 e. The number of likely N-dealkylation sites (tertiary alicyclic amines) is 1. The van der Waals surface area contributed by atoms with Gasteiger partial charge in [0.25, 0.3) is 5.88 Å². The normalized spacial score (nSPS) is 23.1. The molecule has 0 aromatic carbocycles. The summed E-state index contributed by atoms with van der Waals surface area (Å²) in [6, 6.07) is 2.88. The Morgan fingerprint density at radius 1 is 1.62 bits per heavy atom. The zero-order valence-electron chi connectivity index (χ0n) is 11.8. The van der Waals surface area contributed by atoms with Crippen molar-refractivity contribution in [3.63, 3.8) is 0 Å². The molecule has 1 aromatic heterocycles. The fourth-order valence-corrected chi connectivity index (χ4v) is 4.28. The van der Waals surface area contributed by atoms with Gasteiger partial charge in [-0.2, -0.15) is 0 Å². The van der Waals surface area contributed by atoms with Crippen molar-refractivity contribution in [1.29, 1.82) is 0 Å². The number of rotatable bonds is 4. The average Bonchev–Trinajstić information content (AvgIpc) is 2.84. The third kappa shape index (κ3) is 2.98. The molecule has 3 heterocycles. The topological polar surface area (TPSA) is 51.7 Å². The third-order valence-corrected chi connectivity index (χ3v) is 5.33. The van der Waals surface area contributed by atoms with Crippen molar-refractivity contribution in [2.45, 2.75) is 17.3 Å². The Morgan fingerprint density at radius 3 is 3.14 bits per heavy atom. The third-order valence-electron chi connectivity index (χ3n) is 3.76. The molecule has 0 radical (unpaired) electrons. The van der Waals surface area contributed by atoms with E-state index in [9.17, 15) is 9.18 Å².